The van der Waals surface area contributed by atoms with Crippen LogP contribution < -0.4 is 10.6 Å². The molecule has 0 radical (unpaired) electrons. The van der Waals surface area contributed by atoms with E-state index >= 15 is 0 Å². The van der Waals surface area contributed by atoms with Gasteiger partial charge in [0, 0.05) is 27.8 Å². The van der Waals surface area contributed by atoms with Crippen molar-refractivity contribution in [3.63, 3.8) is 0 Å². The highest BCUT2D eigenvalue weighted by atomic mass is 32.2. The third-order valence-corrected chi connectivity index (χ3v) is 9.60. The van der Waals surface area contributed by atoms with Gasteiger partial charge in [0.25, 0.3) is 11.8 Å². The van der Waals surface area contributed by atoms with Crippen LogP contribution in [0, 0.1) is 6.92 Å². The third kappa shape index (κ3) is 6.32. The summed E-state index contributed by atoms with van der Waals surface area (Å²) in [4.78, 5) is 42.3. The molecule has 1 saturated carbocycles. The molecular formula is C33H37N3O5S. The number of amides is 3. The number of hydrogen-bond donors (Lipinski definition) is 4. The van der Waals surface area contributed by atoms with Gasteiger partial charge in [0.05, 0.1) is 11.9 Å². The lowest BCUT2D eigenvalue weighted by molar-refractivity contribution is -0.147. The minimum atomic E-state index is -1.60. The Bertz CT molecular complexity index is 1450. The van der Waals surface area contributed by atoms with Gasteiger partial charge in [0.2, 0.25) is 5.91 Å². The van der Waals surface area contributed by atoms with E-state index in [1.807, 2.05) is 62.4 Å². The Hall–Kier alpha value is -3.82. The van der Waals surface area contributed by atoms with Crippen molar-refractivity contribution in [2.24, 2.45) is 0 Å². The summed E-state index contributed by atoms with van der Waals surface area (Å²) in [7, 11) is 0. The zero-order chi connectivity index (χ0) is 30.0. The zero-order valence-corrected chi connectivity index (χ0v) is 24.8. The van der Waals surface area contributed by atoms with E-state index in [0.717, 1.165) is 12.0 Å². The van der Waals surface area contributed by atoms with E-state index in [0.29, 0.717) is 5.56 Å². The van der Waals surface area contributed by atoms with Crippen molar-refractivity contribution in [2.45, 2.75) is 68.5 Å². The molecule has 3 aromatic carbocycles. The lowest BCUT2D eigenvalue weighted by Gasteiger charge is -2.33. The number of aromatic hydroxyl groups is 1. The van der Waals surface area contributed by atoms with Crippen LogP contribution in [-0.2, 0) is 16.0 Å². The van der Waals surface area contributed by atoms with Crippen molar-refractivity contribution in [3.05, 3.63) is 101 Å². The molecule has 0 spiro atoms. The molecule has 2 aliphatic rings. The summed E-state index contributed by atoms with van der Waals surface area (Å²) < 4.78 is -0.576. The van der Waals surface area contributed by atoms with Crippen LogP contribution >= 0.6 is 11.8 Å². The number of aliphatic hydroxyl groups is 1. The molecule has 5 atom stereocenters. The first-order chi connectivity index (χ1) is 20.1. The molecule has 4 N–H and O–H groups in total. The lowest BCUT2D eigenvalue weighted by Crippen LogP contribution is -2.59. The van der Waals surface area contributed by atoms with Gasteiger partial charge in [-0.2, -0.15) is 0 Å². The second kappa shape index (κ2) is 12.2. The van der Waals surface area contributed by atoms with E-state index < -0.39 is 34.7 Å². The number of thioether (sulfide) groups is 1. The Morgan fingerprint density at radius 3 is 2.36 bits per heavy atom. The number of hydrogen-bond acceptors (Lipinski definition) is 6. The molecule has 1 heterocycles. The Labute approximate surface area is 250 Å². The first-order valence-corrected chi connectivity index (χ1v) is 15.2. The monoisotopic (exact) mass is 587 g/mol. The second-order valence-electron chi connectivity index (χ2n) is 11.6. The standard InChI is InChI=1S/C33H37N3O5S/c1-20-23(15-10-16-27(20)37)30(39)35-26(17-21-11-6-4-7-12-21)28(38)32(41)36-19-42-33(2,3)29(36)31(40)34-25-18-24(25)22-13-8-5-9-14-22/h4-16,24-26,28-29,37-38H,17-19H2,1-3H3,(H,34,40)(H,35,39). The number of nitrogens with one attached hydrogen (secondary N) is 2. The Balaban J connectivity index is 1.34. The van der Waals surface area contributed by atoms with Crippen LogP contribution in [-0.4, -0.2) is 67.7 Å². The minimum absolute atomic E-state index is 0.00109. The molecule has 5 unspecified atom stereocenters. The Morgan fingerprint density at radius 2 is 1.67 bits per heavy atom. The molecule has 9 heteroatoms. The number of rotatable bonds is 9. The van der Waals surface area contributed by atoms with E-state index in [2.05, 4.69) is 22.8 Å². The van der Waals surface area contributed by atoms with Crippen LogP contribution in [0.2, 0.25) is 0 Å². The van der Waals surface area contributed by atoms with Gasteiger partial charge in [0.15, 0.2) is 6.10 Å². The highest BCUT2D eigenvalue weighted by Crippen LogP contribution is 2.43. The molecule has 8 nitrogen and oxygen atoms in total. The molecule has 1 saturated heterocycles. The summed E-state index contributed by atoms with van der Waals surface area (Å²) in [5.41, 5.74) is 2.65. The maximum Gasteiger partial charge on any atom is 0.254 e. The number of aliphatic hydroxyl groups excluding tert-OH is 1. The highest BCUT2D eigenvalue weighted by Gasteiger charge is 2.51. The maximum absolute atomic E-state index is 13.9. The van der Waals surface area contributed by atoms with Crippen LogP contribution in [0.5, 0.6) is 5.75 Å². The molecule has 2 fully saturated rings. The minimum Gasteiger partial charge on any atom is -0.508 e. The van der Waals surface area contributed by atoms with Gasteiger partial charge in [-0.1, -0.05) is 66.7 Å². The SMILES string of the molecule is Cc1c(O)cccc1C(=O)NC(Cc1ccccc1)C(O)C(=O)N1CSC(C)(C)C1C(=O)NC1CC1c1ccccc1. The molecule has 3 amide bonds. The summed E-state index contributed by atoms with van der Waals surface area (Å²) in [6.07, 6.45) is -0.569. The second-order valence-corrected chi connectivity index (χ2v) is 13.2. The van der Waals surface area contributed by atoms with E-state index in [1.165, 1.54) is 28.3 Å². The van der Waals surface area contributed by atoms with Crippen molar-refractivity contribution in [1.29, 1.82) is 0 Å². The van der Waals surface area contributed by atoms with E-state index in [9.17, 15) is 24.6 Å². The number of benzene rings is 3. The van der Waals surface area contributed by atoms with Gasteiger partial charge >= 0.3 is 0 Å². The predicted molar refractivity (Wildman–Crippen MR) is 163 cm³/mol. The fourth-order valence-corrected chi connectivity index (χ4v) is 6.81. The topological polar surface area (TPSA) is 119 Å². The number of carbonyl (C=O) groups excluding carboxylic acids is 3. The van der Waals surface area contributed by atoms with Crippen LogP contribution in [0.4, 0.5) is 0 Å². The molecule has 1 aliphatic heterocycles. The van der Waals surface area contributed by atoms with Gasteiger partial charge in [0.1, 0.15) is 11.8 Å². The molecular weight excluding hydrogens is 550 g/mol. The van der Waals surface area contributed by atoms with E-state index in [-0.39, 0.29) is 41.5 Å². The highest BCUT2D eigenvalue weighted by molar-refractivity contribution is 8.00. The van der Waals surface area contributed by atoms with Crippen molar-refractivity contribution < 1.29 is 24.6 Å². The molecule has 0 bridgehead atoms. The van der Waals surface area contributed by atoms with Crippen molar-refractivity contribution in [2.75, 3.05) is 5.88 Å². The number of nitrogens with zero attached hydrogens (tertiary/aromatic N) is 1. The molecule has 1 aliphatic carbocycles. The number of phenols is 1. The van der Waals surface area contributed by atoms with Gasteiger partial charge in [-0.25, -0.2) is 0 Å². The average molecular weight is 588 g/mol. The lowest BCUT2D eigenvalue weighted by atomic mass is 9.96. The summed E-state index contributed by atoms with van der Waals surface area (Å²) in [5, 5.41) is 27.6. The normalized spacial score (nSPS) is 22.2. The van der Waals surface area contributed by atoms with Gasteiger partial charge < -0.3 is 25.7 Å². The summed E-state index contributed by atoms with van der Waals surface area (Å²) in [6, 6.07) is 22.2. The largest absolute Gasteiger partial charge is 0.508 e. The Kier molecular flexibility index (Phi) is 8.61. The van der Waals surface area contributed by atoms with Crippen LogP contribution in [0.15, 0.2) is 78.9 Å². The number of phenolic OH excluding ortho intramolecular Hbond substituents is 1. The van der Waals surface area contributed by atoms with Crippen molar-refractivity contribution >= 4 is 29.5 Å². The third-order valence-electron chi connectivity index (χ3n) is 8.22. The molecule has 5 rings (SSSR count). The maximum atomic E-state index is 13.9. The van der Waals surface area contributed by atoms with E-state index in [4.69, 9.17) is 0 Å². The van der Waals surface area contributed by atoms with Crippen LogP contribution in [0.3, 0.4) is 0 Å². The first kappa shape index (κ1) is 29.7. The molecule has 220 valence electrons. The van der Waals surface area contributed by atoms with Gasteiger partial charge in [-0.05, 0) is 56.9 Å². The zero-order valence-electron chi connectivity index (χ0n) is 24.0. The van der Waals surface area contributed by atoms with Gasteiger partial charge in [-0.3, -0.25) is 14.4 Å². The predicted octanol–water partition coefficient (Wildman–Crippen LogP) is 3.76. The summed E-state index contributed by atoms with van der Waals surface area (Å²) in [5.74, 6) is -0.902. The van der Waals surface area contributed by atoms with Gasteiger partial charge in [-0.15, -0.1) is 11.8 Å². The quantitative estimate of drug-likeness (QED) is 0.303. The number of carbonyl (C=O) groups is 3. The van der Waals surface area contributed by atoms with Crippen LogP contribution in [0.1, 0.15) is 53.2 Å². The van der Waals surface area contributed by atoms with Crippen molar-refractivity contribution in [1.82, 2.24) is 15.5 Å². The average Bonchev–Trinajstić information content (AvgIpc) is 3.67. The summed E-state index contributed by atoms with van der Waals surface area (Å²) >= 11 is 1.48. The molecule has 0 aromatic heterocycles. The fraction of sp³-hybridized carbons (Fsp3) is 0.364. The molecule has 42 heavy (non-hydrogen) atoms. The Morgan fingerprint density at radius 1 is 1.00 bits per heavy atom. The first-order valence-electron chi connectivity index (χ1n) is 14.2. The fourth-order valence-electron chi connectivity index (χ4n) is 5.66. The molecule has 3 aromatic rings. The smallest absolute Gasteiger partial charge is 0.254 e. The van der Waals surface area contributed by atoms with Crippen molar-refractivity contribution in [3.8, 4) is 5.75 Å². The van der Waals surface area contributed by atoms with E-state index in [1.54, 1.807) is 19.1 Å². The van der Waals surface area contributed by atoms with Crippen LogP contribution in [0.25, 0.3) is 0 Å². The summed E-state index contributed by atoms with van der Waals surface area (Å²) in [6.45, 7) is 5.49.